The number of Topliss-reactive ketones (excluding diaryl/α,β-unsaturated/α-hetero) is 1. The maximum atomic E-state index is 13.1. The van der Waals surface area contributed by atoms with Gasteiger partial charge in [0.2, 0.25) is 0 Å². The quantitative estimate of drug-likeness (QED) is 0.700. The van der Waals surface area contributed by atoms with Crippen molar-refractivity contribution in [2.45, 2.75) is 25.7 Å². The molecule has 1 nitrogen and oxygen atoms in total. The zero-order valence-corrected chi connectivity index (χ0v) is 10.9. The fraction of sp³-hybridized carbons (Fsp3) is 0.357. The molecule has 3 heteroatoms. The molecule has 2 aliphatic carbocycles. The number of benzene rings is 1. The van der Waals surface area contributed by atoms with Gasteiger partial charge in [-0.3, -0.25) is 4.79 Å². The van der Waals surface area contributed by atoms with Crippen LogP contribution < -0.4 is 0 Å². The van der Waals surface area contributed by atoms with E-state index in [-0.39, 0.29) is 17.0 Å². The van der Waals surface area contributed by atoms with Crippen LogP contribution in [0.15, 0.2) is 34.6 Å². The van der Waals surface area contributed by atoms with E-state index in [4.69, 9.17) is 0 Å². The molecule has 0 N–H and O–H groups in total. The summed E-state index contributed by atoms with van der Waals surface area (Å²) >= 11 is 3.39. The Hall–Kier alpha value is -0.960. The normalized spacial score (nSPS) is 27.2. The van der Waals surface area contributed by atoms with Crippen LogP contribution in [0.4, 0.5) is 4.39 Å². The number of hydrogen-bond donors (Lipinski definition) is 0. The highest BCUT2D eigenvalue weighted by Crippen LogP contribution is 2.47. The van der Waals surface area contributed by atoms with E-state index < -0.39 is 0 Å². The van der Waals surface area contributed by atoms with Crippen LogP contribution in [0.5, 0.6) is 0 Å². The standard InChI is InChI=1S/C14H12BrFO/c15-10-2-1-9-8-14(13(17)12(9)7-10)5-3-11(16)4-6-14/h1-3,7H,4-6,8H2. The van der Waals surface area contributed by atoms with E-state index in [9.17, 15) is 9.18 Å². The first kappa shape index (κ1) is 11.1. The van der Waals surface area contributed by atoms with Gasteiger partial charge in [0, 0.05) is 15.5 Å². The predicted octanol–water partition coefficient (Wildman–Crippen LogP) is 4.21. The summed E-state index contributed by atoms with van der Waals surface area (Å²) in [4.78, 5) is 12.5. The number of hydrogen-bond acceptors (Lipinski definition) is 1. The van der Waals surface area contributed by atoms with Crippen molar-refractivity contribution in [1.82, 2.24) is 0 Å². The molecule has 0 fully saturated rings. The molecule has 3 rings (SSSR count). The van der Waals surface area contributed by atoms with Crippen LogP contribution in [-0.4, -0.2) is 5.78 Å². The number of ketones is 1. The zero-order chi connectivity index (χ0) is 12.0. The van der Waals surface area contributed by atoms with Crippen LogP contribution in [0, 0.1) is 5.41 Å². The summed E-state index contributed by atoms with van der Waals surface area (Å²) in [5.41, 5.74) is 1.56. The van der Waals surface area contributed by atoms with E-state index >= 15 is 0 Å². The topological polar surface area (TPSA) is 17.1 Å². The van der Waals surface area contributed by atoms with Crippen molar-refractivity contribution in [2.24, 2.45) is 5.41 Å². The van der Waals surface area contributed by atoms with Crippen molar-refractivity contribution >= 4 is 21.7 Å². The highest BCUT2D eigenvalue weighted by molar-refractivity contribution is 9.10. The third-order valence-electron chi connectivity index (χ3n) is 3.88. The number of allylic oxidation sites excluding steroid dienone is 2. The first-order valence-corrected chi connectivity index (χ1v) is 6.58. The average Bonchev–Trinajstić information content (AvgIpc) is 2.58. The van der Waals surface area contributed by atoms with Gasteiger partial charge in [0.25, 0.3) is 0 Å². The number of halogens is 2. The van der Waals surface area contributed by atoms with Gasteiger partial charge in [-0.1, -0.05) is 28.1 Å². The van der Waals surface area contributed by atoms with E-state index in [1.165, 1.54) is 0 Å². The molecule has 1 aromatic carbocycles. The highest BCUT2D eigenvalue weighted by Gasteiger charge is 2.45. The molecule has 0 aromatic heterocycles. The van der Waals surface area contributed by atoms with E-state index in [1.807, 2.05) is 18.2 Å². The number of carbonyl (C=O) groups excluding carboxylic acids is 1. The molecular weight excluding hydrogens is 283 g/mol. The minimum atomic E-state index is -0.362. The average molecular weight is 295 g/mol. The minimum Gasteiger partial charge on any atom is -0.294 e. The number of carbonyl (C=O) groups is 1. The van der Waals surface area contributed by atoms with E-state index in [1.54, 1.807) is 6.08 Å². The molecule has 1 aromatic rings. The largest absolute Gasteiger partial charge is 0.294 e. The van der Waals surface area contributed by atoms with E-state index in [0.717, 1.165) is 22.0 Å². The highest BCUT2D eigenvalue weighted by atomic mass is 79.9. The lowest BCUT2D eigenvalue weighted by molar-refractivity contribution is 0.0795. The van der Waals surface area contributed by atoms with Gasteiger partial charge in [0.1, 0.15) is 0 Å². The first-order chi connectivity index (χ1) is 8.11. The Kier molecular flexibility index (Phi) is 2.47. The van der Waals surface area contributed by atoms with E-state index in [2.05, 4.69) is 15.9 Å². The van der Waals surface area contributed by atoms with Gasteiger partial charge in [-0.2, -0.15) is 0 Å². The second kappa shape index (κ2) is 3.77. The summed E-state index contributed by atoms with van der Waals surface area (Å²) in [6.45, 7) is 0. The van der Waals surface area contributed by atoms with Crippen molar-refractivity contribution in [3.63, 3.8) is 0 Å². The Morgan fingerprint density at radius 3 is 2.88 bits per heavy atom. The molecule has 0 bridgehead atoms. The number of rotatable bonds is 0. The Balaban J connectivity index is 2.02. The molecule has 0 heterocycles. The van der Waals surface area contributed by atoms with Crippen LogP contribution in [-0.2, 0) is 6.42 Å². The summed E-state index contributed by atoms with van der Waals surface area (Å²) in [7, 11) is 0. The van der Waals surface area contributed by atoms with Gasteiger partial charge in [0.15, 0.2) is 5.78 Å². The molecule has 2 aliphatic rings. The minimum absolute atomic E-state index is 0.0689. The van der Waals surface area contributed by atoms with E-state index in [0.29, 0.717) is 19.3 Å². The van der Waals surface area contributed by atoms with Crippen molar-refractivity contribution in [3.05, 3.63) is 45.7 Å². The van der Waals surface area contributed by atoms with Crippen LogP contribution in [0.2, 0.25) is 0 Å². The number of fused-ring (bicyclic) bond motifs is 1. The predicted molar refractivity (Wildman–Crippen MR) is 67.7 cm³/mol. The molecule has 0 aliphatic heterocycles. The molecule has 0 saturated carbocycles. The monoisotopic (exact) mass is 294 g/mol. The molecule has 0 amide bonds. The summed E-state index contributed by atoms with van der Waals surface area (Å²) in [5.74, 6) is 0.123. The summed E-state index contributed by atoms with van der Waals surface area (Å²) < 4.78 is 14.0. The fourth-order valence-corrected chi connectivity index (χ4v) is 3.24. The van der Waals surface area contributed by atoms with Gasteiger partial charge < -0.3 is 0 Å². The van der Waals surface area contributed by atoms with Gasteiger partial charge in [0.05, 0.1) is 5.83 Å². The van der Waals surface area contributed by atoms with Crippen molar-refractivity contribution in [3.8, 4) is 0 Å². The summed E-state index contributed by atoms with van der Waals surface area (Å²) in [6.07, 6.45) is 3.94. The summed E-state index contributed by atoms with van der Waals surface area (Å²) in [5, 5.41) is 0. The van der Waals surface area contributed by atoms with Gasteiger partial charge >= 0.3 is 0 Å². The smallest absolute Gasteiger partial charge is 0.169 e. The lowest BCUT2D eigenvalue weighted by Gasteiger charge is -2.28. The Morgan fingerprint density at radius 1 is 1.35 bits per heavy atom. The molecule has 1 spiro atoms. The second-order valence-corrected chi connectivity index (χ2v) is 5.86. The van der Waals surface area contributed by atoms with Crippen LogP contribution in [0.3, 0.4) is 0 Å². The third-order valence-corrected chi connectivity index (χ3v) is 4.38. The molecule has 0 saturated heterocycles. The van der Waals surface area contributed by atoms with Crippen molar-refractivity contribution in [2.75, 3.05) is 0 Å². The third kappa shape index (κ3) is 1.68. The van der Waals surface area contributed by atoms with Crippen LogP contribution >= 0.6 is 15.9 Å². The van der Waals surface area contributed by atoms with Crippen molar-refractivity contribution < 1.29 is 9.18 Å². The van der Waals surface area contributed by atoms with Gasteiger partial charge in [-0.25, -0.2) is 4.39 Å². The Labute approximate surface area is 108 Å². The first-order valence-electron chi connectivity index (χ1n) is 5.78. The lowest BCUT2D eigenvalue weighted by atomic mass is 9.74. The van der Waals surface area contributed by atoms with Gasteiger partial charge in [-0.05, 0) is 43.4 Å². The second-order valence-electron chi connectivity index (χ2n) is 4.94. The molecule has 0 radical (unpaired) electrons. The van der Waals surface area contributed by atoms with Crippen LogP contribution in [0.1, 0.15) is 35.2 Å². The maximum Gasteiger partial charge on any atom is 0.169 e. The van der Waals surface area contributed by atoms with Crippen LogP contribution in [0.25, 0.3) is 0 Å². The molecule has 88 valence electrons. The van der Waals surface area contributed by atoms with Gasteiger partial charge in [-0.15, -0.1) is 0 Å². The Morgan fingerprint density at radius 2 is 2.18 bits per heavy atom. The SMILES string of the molecule is O=C1c2cc(Br)ccc2CC12CC=C(F)CC2. The molecule has 17 heavy (non-hydrogen) atoms. The zero-order valence-electron chi connectivity index (χ0n) is 9.30. The Bertz CT molecular complexity index is 535. The van der Waals surface area contributed by atoms with Crippen molar-refractivity contribution in [1.29, 1.82) is 0 Å². The molecule has 1 unspecified atom stereocenters. The fourth-order valence-electron chi connectivity index (χ4n) is 2.88. The maximum absolute atomic E-state index is 13.1. The molecular formula is C14H12BrFO. The lowest BCUT2D eigenvalue weighted by Crippen LogP contribution is -2.29. The molecule has 1 atom stereocenters. The summed E-state index contributed by atoms with van der Waals surface area (Å²) in [6, 6.07) is 5.85.